The van der Waals surface area contributed by atoms with Crippen molar-refractivity contribution in [2.75, 3.05) is 4.90 Å². The second kappa shape index (κ2) is 4.48. The average Bonchev–Trinajstić information content (AvgIpc) is 2.65. The van der Waals surface area contributed by atoms with Crippen LogP contribution < -0.4 is 4.90 Å². The number of aromatic nitrogens is 1. The minimum atomic E-state index is -0.519. The van der Waals surface area contributed by atoms with Crippen molar-refractivity contribution in [1.82, 2.24) is 4.98 Å². The van der Waals surface area contributed by atoms with Gasteiger partial charge in [-0.15, -0.1) is 0 Å². The molecule has 4 nitrogen and oxygen atoms in total. The van der Waals surface area contributed by atoms with E-state index in [0.29, 0.717) is 22.8 Å². The number of hydrogen-bond donors (Lipinski definition) is 0. The van der Waals surface area contributed by atoms with E-state index in [1.54, 1.807) is 24.5 Å². The van der Waals surface area contributed by atoms with Crippen LogP contribution in [0.15, 0.2) is 42.7 Å². The van der Waals surface area contributed by atoms with Gasteiger partial charge in [-0.3, -0.25) is 14.6 Å². The van der Waals surface area contributed by atoms with E-state index in [2.05, 4.69) is 4.98 Å². The number of pyridine rings is 1. The number of Topliss-reactive ketones (excluding diaryl/α,β-unsaturated/α-hetero) is 1. The van der Waals surface area contributed by atoms with Crippen molar-refractivity contribution in [3.05, 3.63) is 58.9 Å². The normalized spacial score (nSPS) is 13.8. The Balaban J connectivity index is 2.00. The van der Waals surface area contributed by atoms with Crippen LogP contribution in [0.25, 0.3) is 0 Å². The zero-order chi connectivity index (χ0) is 13.4. The van der Waals surface area contributed by atoms with E-state index < -0.39 is 11.7 Å². The Morgan fingerprint density at radius 3 is 2.58 bits per heavy atom. The van der Waals surface area contributed by atoms with Crippen LogP contribution >= 0.6 is 11.6 Å². The molecule has 5 heteroatoms. The molecule has 0 N–H and O–H groups in total. The van der Waals surface area contributed by atoms with E-state index >= 15 is 0 Å². The fraction of sp³-hybridized carbons (Fsp3) is 0.0714. The highest BCUT2D eigenvalue weighted by Gasteiger charge is 2.35. The fourth-order valence-electron chi connectivity index (χ4n) is 2.10. The Labute approximate surface area is 114 Å². The Morgan fingerprint density at radius 2 is 1.84 bits per heavy atom. The van der Waals surface area contributed by atoms with Gasteiger partial charge in [-0.25, -0.2) is 0 Å². The number of nitrogens with zero attached hydrogens (tertiary/aromatic N) is 2. The van der Waals surface area contributed by atoms with E-state index in [4.69, 9.17) is 11.6 Å². The fourth-order valence-corrected chi connectivity index (χ4v) is 2.27. The van der Waals surface area contributed by atoms with Gasteiger partial charge in [0.05, 0.1) is 17.8 Å². The number of carbonyl (C=O) groups excluding carboxylic acids is 2. The number of halogens is 1. The third-order valence-corrected chi connectivity index (χ3v) is 3.26. The first-order valence-electron chi connectivity index (χ1n) is 5.71. The predicted octanol–water partition coefficient (Wildman–Crippen LogP) is 2.46. The first kappa shape index (κ1) is 11.9. The summed E-state index contributed by atoms with van der Waals surface area (Å²) in [5, 5.41) is 0.450. The molecule has 19 heavy (non-hydrogen) atoms. The summed E-state index contributed by atoms with van der Waals surface area (Å²) < 4.78 is 0. The van der Waals surface area contributed by atoms with Gasteiger partial charge < -0.3 is 4.90 Å². The van der Waals surface area contributed by atoms with Gasteiger partial charge in [-0.1, -0.05) is 11.6 Å². The van der Waals surface area contributed by atoms with Gasteiger partial charge in [-0.05, 0) is 35.9 Å². The number of rotatable bonds is 2. The van der Waals surface area contributed by atoms with Crippen LogP contribution in [0, 0.1) is 0 Å². The van der Waals surface area contributed by atoms with Gasteiger partial charge >= 0.3 is 0 Å². The summed E-state index contributed by atoms with van der Waals surface area (Å²) in [6.07, 6.45) is 3.31. The van der Waals surface area contributed by atoms with Gasteiger partial charge in [0, 0.05) is 17.4 Å². The van der Waals surface area contributed by atoms with Crippen LogP contribution in [0.1, 0.15) is 15.9 Å². The van der Waals surface area contributed by atoms with Crippen LogP contribution in [0.5, 0.6) is 0 Å². The monoisotopic (exact) mass is 272 g/mol. The predicted molar refractivity (Wildman–Crippen MR) is 71.2 cm³/mol. The van der Waals surface area contributed by atoms with Gasteiger partial charge in [0.1, 0.15) is 0 Å². The maximum atomic E-state index is 12.0. The van der Waals surface area contributed by atoms with Crippen LogP contribution in [0.3, 0.4) is 0 Å². The molecule has 94 valence electrons. The Hall–Kier alpha value is -2.20. The summed E-state index contributed by atoms with van der Waals surface area (Å²) >= 11 is 5.85. The van der Waals surface area contributed by atoms with Crippen molar-refractivity contribution in [3.63, 3.8) is 0 Å². The Kier molecular flexibility index (Phi) is 2.80. The molecule has 1 aliphatic heterocycles. The van der Waals surface area contributed by atoms with Crippen molar-refractivity contribution < 1.29 is 9.59 Å². The molecule has 3 rings (SSSR count). The third-order valence-electron chi connectivity index (χ3n) is 3.02. The average molecular weight is 273 g/mol. The molecule has 0 fully saturated rings. The van der Waals surface area contributed by atoms with Crippen molar-refractivity contribution in [3.8, 4) is 0 Å². The topological polar surface area (TPSA) is 50.3 Å². The van der Waals surface area contributed by atoms with Gasteiger partial charge in [0.15, 0.2) is 0 Å². The highest BCUT2D eigenvalue weighted by Crippen LogP contribution is 2.32. The van der Waals surface area contributed by atoms with Crippen LogP contribution in [0.4, 0.5) is 5.69 Å². The first-order valence-corrected chi connectivity index (χ1v) is 6.09. The standard InChI is InChI=1S/C14H9ClN2O2/c15-10-1-2-12-11(7-10)13(18)14(19)17(12)8-9-3-5-16-6-4-9/h1-7H,8H2. The number of carbonyl (C=O) groups is 2. The molecule has 1 aliphatic rings. The van der Waals surface area contributed by atoms with Crippen molar-refractivity contribution in [1.29, 1.82) is 0 Å². The van der Waals surface area contributed by atoms with E-state index in [1.165, 1.54) is 11.0 Å². The maximum Gasteiger partial charge on any atom is 0.299 e. The molecule has 0 bridgehead atoms. The number of benzene rings is 1. The van der Waals surface area contributed by atoms with E-state index in [-0.39, 0.29) is 0 Å². The molecule has 0 atom stereocenters. The summed E-state index contributed by atoms with van der Waals surface area (Å²) in [7, 11) is 0. The molecule has 0 aliphatic carbocycles. The summed E-state index contributed by atoms with van der Waals surface area (Å²) in [6.45, 7) is 0.349. The van der Waals surface area contributed by atoms with Gasteiger partial charge in [-0.2, -0.15) is 0 Å². The van der Waals surface area contributed by atoms with E-state index in [1.807, 2.05) is 12.1 Å². The number of ketones is 1. The summed E-state index contributed by atoms with van der Waals surface area (Å²) in [6, 6.07) is 8.52. The summed E-state index contributed by atoms with van der Waals surface area (Å²) in [5.41, 5.74) is 1.89. The molecular formula is C14H9ClN2O2. The van der Waals surface area contributed by atoms with E-state index in [9.17, 15) is 9.59 Å². The zero-order valence-corrected chi connectivity index (χ0v) is 10.6. The largest absolute Gasteiger partial charge is 0.300 e. The second-order valence-electron chi connectivity index (χ2n) is 4.24. The number of fused-ring (bicyclic) bond motifs is 1. The van der Waals surface area contributed by atoms with Crippen molar-refractivity contribution in [2.45, 2.75) is 6.54 Å². The molecule has 0 unspecified atom stereocenters. The molecule has 0 saturated heterocycles. The quantitative estimate of drug-likeness (QED) is 0.789. The summed E-state index contributed by atoms with van der Waals surface area (Å²) in [4.78, 5) is 29.3. The number of anilines is 1. The van der Waals surface area contributed by atoms with Crippen LogP contribution in [0.2, 0.25) is 5.02 Å². The number of hydrogen-bond acceptors (Lipinski definition) is 3. The highest BCUT2D eigenvalue weighted by molar-refractivity contribution is 6.52. The van der Waals surface area contributed by atoms with Crippen molar-refractivity contribution in [2.24, 2.45) is 0 Å². The Morgan fingerprint density at radius 1 is 1.11 bits per heavy atom. The molecule has 2 aromatic rings. The molecule has 2 heterocycles. The molecule has 0 saturated carbocycles. The van der Waals surface area contributed by atoms with Gasteiger partial charge in [0.2, 0.25) is 0 Å². The van der Waals surface area contributed by atoms with Gasteiger partial charge in [0.25, 0.3) is 11.7 Å². The zero-order valence-electron chi connectivity index (χ0n) is 9.84. The molecular weight excluding hydrogens is 264 g/mol. The van der Waals surface area contributed by atoms with Crippen molar-refractivity contribution >= 4 is 29.0 Å². The lowest BCUT2D eigenvalue weighted by Crippen LogP contribution is -2.29. The second-order valence-corrected chi connectivity index (χ2v) is 4.67. The third kappa shape index (κ3) is 2.00. The molecule has 1 amide bonds. The van der Waals surface area contributed by atoms with E-state index in [0.717, 1.165) is 5.56 Å². The lowest BCUT2D eigenvalue weighted by Gasteiger charge is -2.16. The molecule has 0 radical (unpaired) electrons. The lowest BCUT2D eigenvalue weighted by molar-refractivity contribution is -0.114. The van der Waals surface area contributed by atoms with Crippen LogP contribution in [-0.4, -0.2) is 16.7 Å². The minimum Gasteiger partial charge on any atom is -0.300 e. The summed E-state index contributed by atoms with van der Waals surface area (Å²) in [5.74, 6) is -1.03. The SMILES string of the molecule is O=C1C(=O)N(Cc2ccncc2)c2ccc(Cl)cc21. The Bertz CT molecular complexity index is 670. The van der Waals surface area contributed by atoms with Crippen LogP contribution in [-0.2, 0) is 11.3 Å². The first-order chi connectivity index (χ1) is 9.16. The number of amides is 1. The highest BCUT2D eigenvalue weighted by atomic mass is 35.5. The smallest absolute Gasteiger partial charge is 0.299 e. The maximum absolute atomic E-state index is 12.0. The lowest BCUT2D eigenvalue weighted by atomic mass is 10.1. The molecule has 0 spiro atoms. The molecule has 1 aromatic heterocycles. The minimum absolute atomic E-state index is 0.349. The molecule has 1 aromatic carbocycles.